The fraction of sp³-hybridized carbons (Fsp3) is 0.619. The van der Waals surface area contributed by atoms with Crippen LogP contribution < -0.4 is 5.56 Å². The fourth-order valence-electron chi connectivity index (χ4n) is 4.19. The van der Waals surface area contributed by atoms with Crippen molar-refractivity contribution in [2.75, 3.05) is 32.7 Å². The van der Waals surface area contributed by atoms with Crippen molar-refractivity contribution in [2.24, 2.45) is 0 Å². The van der Waals surface area contributed by atoms with E-state index in [0.717, 1.165) is 62.3 Å². The lowest BCUT2D eigenvalue weighted by Crippen LogP contribution is -2.37. The Hall–Kier alpha value is -0.950. The Kier molecular flexibility index (Phi) is 7.54. The molecule has 2 aromatic rings. The van der Waals surface area contributed by atoms with Gasteiger partial charge in [-0.15, -0.1) is 0 Å². The van der Waals surface area contributed by atoms with E-state index in [-0.39, 0.29) is 11.6 Å². The number of rotatable bonds is 6. The maximum atomic E-state index is 13.3. The highest BCUT2D eigenvalue weighted by Crippen LogP contribution is 2.31. The highest BCUT2D eigenvalue weighted by atomic mass is 79.9. The van der Waals surface area contributed by atoms with Gasteiger partial charge in [0.15, 0.2) is 0 Å². The van der Waals surface area contributed by atoms with Gasteiger partial charge in [-0.2, -0.15) is 0 Å². The second kappa shape index (κ2) is 9.70. The quantitative estimate of drug-likeness (QED) is 0.615. The summed E-state index contributed by atoms with van der Waals surface area (Å²) in [6, 6.07) is 3.92. The molecule has 0 amide bonds. The molecule has 1 atom stereocenters. The molecule has 1 unspecified atom stereocenters. The van der Waals surface area contributed by atoms with E-state index >= 15 is 0 Å². The molecule has 1 fully saturated rings. The molecule has 0 saturated carbocycles. The van der Waals surface area contributed by atoms with Gasteiger partial charge in [0.25, 0.3) is 5.56 Å². The third-order valence-electron chi connectivity index (χ3n) is 5.73. The minimum Gasteiger partial charge on any atom is -0.302 e. The predicted octanol–water partition coefficient (Wildman–Crippen LogP) is 4.70. The van der Waals surface area contributed by atoms with Gasteiger partial charge in [0.05, 0.1) is 22.0 Å². The van der Waals surface area contributed by atoms with Crippen molar-refractivity contribution in [1.29, 1.82) is 0 Å². The van der Waals surface area contributed by atoms with Crippen LogP contribution in [-0.2, 0) is 6.54 Å². The van der Waals surface area contributed by atoms with Crippen LogP contribution in [0.25, 0.3) is 10.9 Å². The molecule has 2 heterocycles. The highest BCUT2D eigenvalue weighted by Gasteiger charge is 2.27. The van der Waals surface area contributed by atoms with Crippen LogP contribution in [0.5, 0.6) is 0 Å². The zero-order valence-corrected chi connectivity index (χ0v) is 19.4. The molecule has 7 heteroatoms. The summed E-state index contributed by atoms with van der Waals surface area (Å²) in [6.07, 6.45) is 3.20. The summed E-state index contributed by atoms with van der Waals surface area (Å²) in [7, 11) is 0. The van der Waals surface area contributed by atoms with E-state index in [1.807, 2.05) is 23.6 Å². The van der Waals surface area contributed by atoms with Crippen molar-refractivity contribution in [3.8, 4) is 0 Å². The largest absolute Gasteiger partial charge is 0.302 e. The lowest BCUT2D eigenvalue weighted by Gasteiger charge is -2.31. The maximum Gasteiger partial charge on any atom is 0.262 e. The first kappa shape index (κ1) is 21.8. The standard InChI is InChI=1S/C21H30BrClN4O/c1-4-8-17(26-12-7-11-25(5-2)13-14-26)20-24-16-10-9-15(22)19(23)18(16)21(28)27(20)6-3/h9-10,17H,4-8,11-14H2,1-3H3. The lowest BCUT2D eigenvalue weighted by atomic mass is 10.1. The van der Waals surface area contributed by atoms with Crippen LogP contribution in [0.15, 0.2) is 21.4 Å². The SMILES string of the molecule is CCCC(c1nc2ccc(Br)c(Cl)c2c(=O)n1CC)N1CCCN(CC)CC1. The molecule has 0 spiro atoms. The number of aromatic nitrogens is 2. The van der Waals surface area contributed by atoms with Gasteiger partial charge in [-0.1, -0.05) is 31.9 Å². The van der Waals surface area contributed by atoms with Crippen LogP contribution in [-0.4, -0.2) is 52.1 Å². The molecule has 1 saturated heterocycles. The van der Waals surface area contributed by atoms with Gasteiger partial charge >= 0.3 is 0 Å². The van der Waals surface area contributed by atoms with Crippen LogP contribution in [0.4, 0.5) is 0 Å². The Morgan fingerprint density at radius 1 is 1.14 bits per heavy atom. The molecule has 28 heavy (non-hydrogen) atoms. The first-order valence-electron chi connectivity index (χ1n) is 10.4. The molecule has 3 rings (SSSR count). The van der Waals surface area contributed by atoms with E-state index in [2.05, 4.69) is 39.6 Å². The van der Waals surface area contributed by atoms with E-state index < -0.39 is 0 Å². The first-order valence-corrected chi connectivity index (χ1v) is 11.5. The van der Waals surface area contributed by atoms with Gasteiger partial charge in [-0.05, 0) is 60.9 Å². The smallest absolute Gasteiger partial charge is 0.262 e. The summed E-state index contributed by atoms with van der Waals surface area (Å²) in [6.45, 7) is 12.4. The summed E-state index contributed by atoms with van der Waals surface area (Å²) < 4.78 is 2.55. The van der Waals surface area contributed by atoms with Gasteiger partial charge in [-0.25, -0.2) is 4.98 Å². The maximum absolute atomic E-state index is 13.3. The van der Waals surface area contributed by atoms with Crippen LogP contribution >= 0.6 is 27.5 Å². The minimum atomic E-state index is -0.0418. The van der Waals surface area contributed by atoms with Crippen molar-refractivity contribution < 1.29 is 0 Å². The summed E-state index contributed by atoms with van der Waals surface area (Å²) in [4.78, 5) is 23.3. The summed E-state index contributed by atoms with van der Waals surface area (Å²) in [5.74, 6) is 0.880. The molecule has 0 bridgehead atoms. The zero-order valence-electron chi connectivity index (χ0n) is 17.0. The molecule has 5 nitrogen and oxygen atoms in total. The predicted molar refractivity (Wildman–Crippen MR) is 120 cm³/mol. The molecule has 0 radical (unpaired) electrons. The Labute approximate surface area is 180 Å². The van der Waals surface area contributed by atoms with Gasteiger partial charge in [-0.3, -0.25) is 14.3 Å². The number of hydrogen-bond donors (Lipinski definition) is 0. The van der Waals surface area contributed by atoms with Crippen molar-refractivity contribution in [1.82, 2.24) is 19.4 Å². The van der Waals surface area contributed by atoms with Crippen molar-refractivity contribution in [3.05, 3.63) is 37.8 Å². The third-order valence-corrected chi connectivity index (χ3v) is 7.01. The lowest BCUT2D eigenvalue weighted by molar-refractivity contribution is 0.177. The number of benzene rings is 1. The van der Waals surface area contributed by atoms with Crippen LogP contribution in [0, 0.1) is 0 Å². The Bertz CT molecular complexity index is 885. The Morgan fingerprint density at radius 3 is 2.61 bits per heavy atom. The number of likely N-dealkylation sites (N-methyl/N-ethyl adjacent to an activating group) is 1. The molecule has 1 aliphatic heterocycles. The van der Waals surface area contributed by atoms with E-state index in [1.54, 1.807) is 0 Å². The molecule has 154 valence electrons. The van der Waals surface area contributed by atoms with E-state index in [1.165, 1.54) is 0 Å². The van der Waals surface area contributed by atoms with E-state index in [0.29, 0.717) is 22.5 Å². The molecule has 0 N–H and O–H groups in total. The van der Waals surface area contributed by atoms with Gasteiger partial charge in [0, 0.05) is 30.7 Å². The number of fused-ring (bicyclic) bond motifs is 1. The molecular formula is C21H30BrClN4O. The topological polar surface area (TPSA) is 41.4 Å². The zero-order chi connectivity index (χ0) is 20.3. The first-order chi connectivity index (χ1) is 13.5. The van der Waals surface area contributed by atoms with Gasteiger partial charge in [0.2, 0.25) is 0 Å². The van der Waals surface area contributed by atoms with Gasteiger partial charge in [0.1, 0.15) is 5.82 Å². The Morgan fingerprint density at radius 2 is 1.93 bits per heavy atom. The van der Waals surface area contributed by atoms with E-state index in [4.69, 9.17) is 16.6 Å². The summed E-state index contributed by atoms with van der Waals surface area (Å²) in [5, 5.41) is 0.953. The molecule has 1 aliphatic rings. The molecular weight excluding hydrogens is 440 g/mol. The molecule has 1 aromatic carbocycles. The number of nitrogens with zero attached hydrogens (tertiary/aromatic N) is 4. The van der Waals surface area contributed by atoms with E-state index in [9.17, 15) is 4.79 Å². The minimum absolute atomic E-state index is 0.0418. The third kappa shape index (κ3) is 4.30. The second-order valence-electron chi connectivity index (χ2n) is 7.40. The second-order valence-corrected chi connectivity index (χ2v) is 8.64. The average Bonchev–Trinajstić information content (AvgIpc) is 2.94. The summed E-state index contributed by atoms with van der Waals surface area (Å²) >= 11 is 9.87. The average molecular weight is 470 g/mol. The molecule has 0 aliphatic carbocycles. The molecule has 1 aromatic heterocycles. The van der Waals surface area contributed by atoms with Crippen molar-refractivity contribution in [2.45, 2.75) is 52.6 Å². The highest BCUT2D eigenvalue weighted by molar-refractivity contribution is 9.10. The number of hydrogen-bond acceptors (Lipinski definition) is 4. The van der Waals surface area contributed by atoms with Crippen molar-refractivity contribution in [3.63, 3.8) is 0 Å². The monoisotopic (exact) mass is 468 g/mol. The Balaban J connectivity index is 2.10. The summed E-state index contributed by atoms with van der Waals surface area (Å²) in [5.41, 5.74) is 0.643. The van der Waals surface area contributed by atoms with Crippen LogP contribution in [0.2, 0.25) is 5.02 Å². The number of halogens is 2. The van der Waals surface area contributed by atoms with Crippen molar-refractivity contribution >= 4 is 38.4 Å². The van der Waals surface area contributed by atoms with Crippen LogP contribution in [0.3, 0.4) is 0 Å². The van der Waals surface area contributed by atoms with Crippen LogP contribution in [0.1, 0.15) is 51.9 Å². The van der Waals surface area contributed by atoms with Gasteiger partial charge < -0.3 is 4.90 Å². The fourth-order valence-corrected chi connectivity index (χ4v) is 4.76. The normalized spacial score (nSPS) is 17.8.